The molecule has 0 fully saturated rings. The Hall–Kier alpha value is -1.00. The van der Waals surface area contributed by atoms with Crippen molar-refractivity contribution in [2.75, 3.05) is 0 Å². The molecule has 0 aromatic heterocycles. The number of alkyl halides is 1. The van der Waals surface area contributed by atoms with Crippen molar-refractivity contribution in [3.8, 4) is 0 Å². The highest BCUT2D eigenvalue weighted by molar-refractivity contribution is 9.09. The third-order valence-corrected chi connectivity index (χ3v) is 4.23. The van der Waals surface area contributed by atoms with Crippen LogP contribution in [0.2, 0.25) is 5.02 Å². The van der Waals surface area contributed by atoms with Gasteiger partial charge in [-0.05, 0) is 37.1 Å². The molecule has 0 heterocycles. The van der Waals surface area contributed by atoms with Crippen LogP contribution < -0.4 is 0 Å². The van der Waals surface area contributed by atoms with Crippen molar-refractivity contribution in [3.63, 3.8) is 0 Å². The summed E-state index contributed by atoms with van der Waals surface area (Å²) in [6, 6.07) is 6.63. The highest BCUT2D eigenvalue weighted by atomic mass is 79.9. The van der Waals surface area contributed by atoms with Gasteiger partial charge in [-0.2, -0.15) is 0 Å². The highest BCUT2D eigenvalue weighted by Gasteiger charge is 2.18. The van der Waals surface area contributed by atoms with Gasteiger partial charge in [0.25, 0.3) is 0 Å². The average molecular weight is 364 g/mol. The second-order valence-electron chi connectivity index (χ2n) is 4.49. The van der Waals surface area contributed by atoms with E-state index < -0.39 is 22.3 Å². The van der Waals surface area contributed by atoms with Crippen LogP contribution in [-0.4, -0.2) is 0 Å². The molecular formula is C15H11BrClF3. The average Bonchev–Trinajstić information content (AvgIpc) is 2.38. The van der Waals surface area contributed by atoms with E-state index in [1.165, 1.54) is 18.2 Å². The second-order valence-corrected chi connectivity index (χ2v) is 6.01. The van der Waals surface area contributed by atoms with E-state index in [2.05, 4.69) is 15.9 Å². The van der Waals surface area contributed by atoms with Crippen molar-refractivity contribution >= 4 is 27.5 Å². The van der Waals surface area contributed by atoms with Gasteiger partial charge in [0.2, 0.25) is 0 Å². The summed E-state index contributed by atoms with van der Waals surface area (Å²) < 4.78 is 40.7. The molecule has 5 heteroatoms. The van der Waals surface area contributed by atoms with Crippen molar-refractivity contribution in [2.24, 2.45) is 0 Å². The lowest BCUT2D eigenvalue weighted by Gasteiger charge is -2.14. The van der Waals surface area contributed by atoms with Crippen molar-refractivity contribution in [3.05, 3.63) is 69.5 Å². The number of aryl methyl sites for hydroxylation is 1. The van der Waals surface area contributed by atoms with Crippen molar-refractivity contribution in [1.29, 1.82) is 0 Å². The lowest BCUT2D eigenvalue weighted by atomic mass is 10.0. The molecule has 0 aliphatic heterocycles. The Bertz CT molecular complexity index is 623. The Kier molecular flexibility index (Phi) is 4.76. The van der Waals surface area contributed by atoms with Gasteiger partial charge in [0.15, 0.2) is 0 Å². The van der Waals surface area contributed by atoms with E-state index in [1.54, 1.807) is 13.0 Å². The minimum absolute atomic E-state index is 0.174. The largest absolute Gasteiger partial charge is 0.207 e. The predicted octanol–water partition coefficient (Wildman–Crippen LogP) is 5.74. The maximum atomic E-state index is 13.8. The van der Waals surface area contributed by atoms with Crippen LogP contribution in [0.5, 0.6) is 0 Å². The molecule has 0 bridgehead atoms. The Morgan fingerprint density at radius 2 is 1.80 bits per heavy atom. The molecular weight excluding hydrogens is 353 g/mol. The Morgan fingerprint density at radius 1 is 1.10 bits per heavy atom. The van der Waals surface area contributed by atoms with Crippen molar-refractivity contribution < 1.29 is 13.2 Å². The molecule has 0 radical (unpaired) electrons. The van der Waals surface area contributed by atoms with E-state index in [0.29, 0.717) is 11.1 Å². The van der Waals surface area contributed by atoms with Crippen LogP contribution in [0.25, 0.3) is 0 Å². The molecule has 0 nitrogen and oxygen atoms in total. The molecule has 106 valence electrons. The summed E-state index contributed by atoms with van der Waals surface area (Å²) in [5, 5.41) is 0.286. The van der Waals surface area contributed by atoms with Gasteiger partial charge < -0.3 is 0 Å². The standard InChI is InChI=1S/C15H11BrClF3/c1-8-5-9(15(20)7-14(8)19)11(16)6-10-12(17)3-2-4-13(10)18/h2-5,7,11H,6H2,1H3. The molecule has 0 N–H and O–H groups in total. The fourth-order valence-corrected chi connectivity index (χ4v) is 2.85. The number of rotatable bonds is 3. The first-order valence-corrected chi connectivity index (χ1v) is 7.22. The van der Waals surface area contributed by atoms with Crippen LogP contribution in [0.15, 0.2) is 30.3 Å². The fourth-order valence-electron chi connectivity index (χ4n) is 1.94. The molecule has 0 saturated heterocycles. The molecule has 20 heavy (non-hydrogen) atoms. The van der Waals surface area contributed by atoms with E-state index in [9.17, 15) is 13.2 Å². The summed E-state index contributed by atoms with van der Waals surface area (Å²) in [5.74, 6) is -1.71. The van der Waals surface area contributed by atoms with Crippen LogP contribution in [-0.2, 0) is 6.42 Å². The van der Waals surface area contributed by atoms with E-state index in [0.717, 1.165) is 6.07 Å². The highest BCUT2D eigenvalue weighted by Crippen LogP contribution is 2.33. The van der Waals surface area contributed by atoms with E-state index >= 15 is 0 Å². The molecule has 1 atom stereocenters. The van der Waals surface area contributed by atoms with Crippen LogP contribution in [0.1, 0.15) is 21.5 Å². The first-order valence-electron chi connectivity index (χ1n) is 5.92. The molecule has 0 saturated carbocycles. The summed E-state index contributed by atoms with van der Waals surface area (Å²) in [7, 11) is 0. The number of hydrogen-bond donors (Lipinski definition) is 0. The summed E-state index contributed by atoms with van der Waals surface area (Å²) in [6.07, 6.45) is 0.174. The third kappa shape index (κ3) is 3.18. The second kappa shape index (κ2) is 6.19. The smallest absolute Gasteiger partial charge is 0.130 e. The molecule has 2 rings (SSSR count). The minimum Gasteiger partial charge on any atom is -0.207 e. The summed E-state index contributed by atoms with van der Waals surface area (Å²) in [5.41, 5.74) is 0.922. The van der Waals surface area contributed by atoms with Crippen molar-refractivity contribution in [2.45, 2.75) is 18.2 Å². The lowest BCUT2D eigenvalue weighted by Crippen LogP contribution is -2.03. The van der Waals surface area contributed by atoms with Gasteiger partial charge in [0.1, 0.15) is 17.5 Å². The maximum Gasteiger partial charge on any atom is 0.130 e. The predicted molar refractivity (Wildman–Crippen MR) is 77.9 cm³/mol. The lowest BCUT2D eigenvalue weighted by molar-refractivity contribution is 0.563. The quantitative estimate of drug-likeness (QED) is 0.610. The number of hydrogen-bond acceptors (Lipinski definition) is 0. The molecule has 0 amide bonds. The van der Waals surface area contributed by atoms with Gasteiger partial charge >= 0.3 is 0 Å². The maximum absolute atomic E-state index is 13.8. The van der Waals surface area contributed by atoms with E-state index in [-0.39, 0.29) is 17.0 Å². The summed E-state index contributed by atoms with van der Waals surface area (Å²) in [4.78, 5) is -0.490. The zero-order chi connectivity index (χ0) is 14.9. The minimum atomic E-state index is -0.664. The zero-order valence-corrected chi connectivity index (χ0v) is 12.9. The third-order valence-electron chi connectivity index (χ3n) is 3.06. The Labute approximate surface area is 128 Å². The van der Waals surface area contributed by atoms with Gasteiger partial charge in [0.05, 0.1) is 0 Å². The summed E-state index contributed by atoms with van der Waals surface area (Å²) in [6.45, 7) is 1.55. The van der Waals surface area contributed by atoms with Crippen LogP contribution in [0.4, 0.5) is 13.2 Å². The summed E-state index contributed by atoms with van der Waals surface area (Å²) >= 11 is 9.26. The molecule has 2 aromatic carbocycles. The molecule has 1 unspecified atom stereocenters. The zero-order valence-electron chi connectivity index (χ0n) is 10.6. The molecule has 2 aromatic rings. The SMILES string of the molecule is Cc1cc(C(Br)Cc2c(F)cccc2Cl)c(F)cc1F. The fraction of sp³-hybridized carbons (Fsp3) is 0.200. The van der Waals surface area contributed by atoms with Gasteiger partial charge in [0, 0.05) is 27.0 Å². The van der Waals surface area contributed by atoms with Crippen LogP contribution >= 0.6 is 27.5 Å². The normalized spacial score (nSPS) is 12.5. The van der Waals surface area contributed by atoms with Gasteiger partial charge in [-0.3, -0.25) is 0 Å². The topological polar surface area (TPSA) is 0 Å². The van der Waals surface area contributed by atoms with Crippen molar-refractivity contribution in [1.82, 2.24) is 0 Å². The van der Waals surface area contributed by atoms with Crippen LogP contribution in [0.3, 0.4) is 0 Å². The number of benzene rings is 2. The van der Waals surface area contributed by atoms with Gasteiger partial charge in [-0.1, -0.05) is 33.6 Å². The van der Waals surface area contributed by atoms with Gasteiger partial charge in [-0.25, -0.2) is 13.2 Å². The first kappa shape index (κ1) is 15.4. The van der Waals surface area contributed by atoms with Crippen LogP contribution in [0, 0.1) is 24.4 Å². The number of halogens is 5. The molecule has 0 aliphatic rings. The van der Waals surface area contributed by atoms with E-state index in [1.807, 2.05) is 0 Å². The monoisotopic (exact) mass is 362 g/mol. The Balaban J connectivity index is 2.33. The molecule has 0 spiro atoms. The van der Waals surface area contributed by atoms with E-state index in [4.69, 9.17) is 11.6 Å². The Morgan fingerprint density at radius 3 is 2.45 bits per heavy atom. The molecule has 0 aliphatic carbocycles. The first-order chi connectivity index (χ1) is 9.40. The van der Waals surface area contributed by atoms with Gasteiger partial charge in [-0.15, -0.1) is 0 Å².